The Hall–Kier alpha value is -2.58. The van der Waals surface area contributed by atoms with E-state index in [1.807, 2.05) is 30.3 Å². The van der Waals surface area contributed by atoms with Gasteiger partial charge in [-0.15, -0.1) is 0 Å². The van der Waals surface area contributed by atoms with Gasteiger partial charge in [-0.2, -0.15) is 5.26 Å². The summed E-state index contributed by atoms with van der Waals surface area (Å²) >= 11 is 0. The maximum absolute atomic E-state index is 12.1. The molecule has 1 heterocycles. The van der Waals surface area contributed by atoms with Crippen LogP contribution in [-0.2, 0) is 6.54 Å². The number of rotatable bonds is 4. The Morgan fingerprint density at radius 1 is 1.33 bits per heavy atom. The summed E-state index contributed by atoms with van der Waals surface area (Å²) in [5.74, 6) is 0.737. The standard InChI is InChI=1S/C16H16N2O3/c1-11-15(12-3-5-14(21-2)6-4-12)9-13(10-17)16(20)18(11)7-8-19/h3-6,9,19H,7-8H2,1-2H3. The van der Waals surface area contributed by atoms with E-state index in [1.54, 1.807) is 20.1 Å². The van der Waals surface area contributed by atoms with Crippen molar-refractivity contribution in [2.24, 2.45) is 0 Å². The van der Waals surface area contributed by atoms with Crippen molar-refractivity contribution in [3.63, 3.8) is 0 Å². The van der Waals surface area contributed by atoms with Crippen LogP contribution in [-0.4, -0.2) is 23.4 Å². The molecule has 1 aromatic carbocycles. The van der Waals surface area contributed by atoms with Crippen LogP contribution in [0.3, 0.4) is 0 Å². The zero-order valence-electron chi connectivity index (χ0n) is 12.0. The third-order valence-corrected chi connectivity index (χ3v) is 3.40. The first kappa shape index (κ1) is 14.8. The predicted molar refractivity (Wildman–Crippen MR) is 79.2 cm³/mol. The summed E-state index contributed by atoms with van der Waals surface area (Å²) < 4.78 is 6.55. The minimum absolute atomic E-state index is 0.0693. The molecule has 5 heteroatoms. The molecule has 5 nitrogen and oxygen atoms in total. The number of benzene rings is 1. The third kappa shape index (κ3) is 2.81. The number of aromatic nitrogens is 1. The number of ether oxygens (including phenoxy) is 1. The Morgan fingerprint density at radius 2 is 2.00 bits per heavy atom. The fraction of sp³-hybridized carbons (Fsp3) is 0.250. The van der Waals surface area contributed by atoms with E-state index in [9.17, 15) is 4.79 Å². The van der Waals surface area contributed by atoms with E-state index in [0.717, 1.165) is 22.6 Å². The van der Waals surface area contributed by atoms with E-state index in [-0.39, 0.29) is 24.3 Å². The smallest absolute Gasteiger partial charge is 0.268 e. The van der Waals surface area contributed by atoms with Gasteiger partial charge in [-0.25, -0.2) is 0 Å². The third-order valence-electron chi connectivity index (χ3n) is 3.40. The Balaban J connectivity index is 2.65. The monoisotopic (exact) mass is 284 g/mol. The Kier molecular flexibility index (Phi) is 4.41. The molecule has 0 unspecified atom stereocenters. The summed E-state index contributed by atoms with van der Waals surface area (Å²) in [5, 5.41) is 18.2. The minimum Gasteiger partial charge on any atom is -0.497 e. The second kappa shape index (κ2) is 6.25. The molecule has 0 bridgehead atoms. The lowest BCUT2D eigenvalue weighted by Crippen LogP contribution is -2.26. The molecule has 1 N–H and O–H groups in total. The number of nitrogens with zero attached hydrogens (tertiary/aromatic N) is 2. The SMILES string of the molecule is COc1ccc(-c2cc(C#N)c(=O)n(CCO)c2C)cc1. The zero-order chi connectivity index (χ0) is 15.4. The topological polar surface area (TPSA) is 75.2 Å². The molecule has 0 atom stereocenters. The van der Waals surface area contributed by atoms with Gasteiger partial charge in [0.15, 0.2) is 0 Å². The first-order chi connectivity index (χ1) is 10.1. The van der Waals surface area contributed by atoms with Crippen LogP contribution in [0.1, 0.15) is 11.3 Å². The number of methoxy groups -OCH3 is 1. The van der Waals surface area contributed by atoms with Crippen molar-refractivity contribution in [1.82, 2.24) is 4.57 Å². The summed E-state index contributed by atoms with van der Waals surface area (Å²) in [4.78, 5) is 12.1. The quantitative estimate of drug-likeness (QED) is 0.927. The molecule has 0 amide bonds. The van der Waals surface area contributed by atoms with Crippen LogP contribution in [0.4, 0.5) is 0 Å². The molecule has 21 heavy (non-hydrogen) atoms. The highest BCUT2D eigenvalue weighted by Crippen LogP contribution is 2.25. The molecule has 108 valence electrons. The van der Waals surface area contributed by atoms with Crippen LogP contribution in [0.5, 0.6) is 5.75 Å². The summed E-state index contributed by atoms with van der Waals surface area (Å²) in [5.41, 5.74) is 2.10. The molecule has 0 spiro atoms. The number of nitriles is 1. The molecule has 0 aliphatic rings. The Morgan fingerprint density at radius 3 is 2.52 bits per heavy atom. The number of hydrogen-bond donors (Lipinski definition) is 1. The van der Waals surface area contributed by atoms with Crippen LogP contribution in [0.15, 0.2) is 35.1 Å². The molecule has 0 saturated carbocycles. The summed E-state index contributed by atoms with van der Waals surface area (Å²) in [6.45, 7) is 1.82. The van der Waals surface area contributed by atoms with Crippen LogP contribution < -0.4 is 10.3 Å². The van der Waals surface area contributed by atoms with E-state index in [1.165, 1.54) is 4.57 Å². The van der Waals surface area contributed by atoms with E-state index in [2.05, 4.69) is 0 Å². The number of pyridine rings is 1. The van der Waals surface area contributed by atoms with Gasteiger partial charge in [0.05, 0.1) is 13.7 Å². The molecule has 0 saturated heterocycles. The molecule has 2 rings (SSSR count). The molecule has 0 aliphatic heterocycles. The molecule has 0 aliphatic carbocycles. The minimum atomic E-state index is -0.374. The Bertz CT molecular complexity index is 740. The lowest BCUT2D eigenvalue weighted by Gasteiger charge is -2.14. The number of aliphatic hydroxyl groups excluding tert-OH is 1. The van der Waals surface area contributed by atoms with Crippen molar-refractivity contribution in [2.75, 3.05) is 13.7 Å². The van der Waals surface area contributed by atoms with Crippen molar-refractivity contribution in [1.29, 1.82) is 5.26 Å². The fourth-order valence-corrected chi connectivity index (χ4v) is 2.27. The second-order valence-corrected chi connectivity index (χ2v) is 4.58. The normalized spacial score (nSPS) is 10.2. The zero-order valence-corrected chi connectivity index (χ0v) is 12.0. The van der Waals surface area contributed by atoms with Crippen molar-refractivity contribution >= 4 is 0 Å². The maximum Gasteiger partial charge on any atom is 0.268 e. The highest BCUT2D eigenvalue weighted by atomic mass is 16.5. The van der Waals surface area contributed by atoms with Crippen LogP contribution in [0, 0.1) is 18.3 Å². The van der Waals surface area contributed by atoms with E-state index < -0.39 is 0 Å². The summed E-state index contributed by atoms with van der Waals surface area (Å²) in [7, 11) is 1.59. The van der Waals surface area contributed by atoms with Gasteiger partial charge >= 0.3 is 0 Å². The van der Waals surface area contributed by atoms with Gasteiger partial charge in [-0.05, 0) is 30.7 Å². The molecule has 2 aromatic rings. The summed E-state index contributed by atoms with van der Waals surface area (Å²) in [6.07, 6.45) is 0. The van der Waals surface area contributed by atoms with Crippen LogP contribution in [0.25, 0.3) is 11.1 Å². The lowest BCUT2D eigenvalue weighted by molar-refractivity contribution is 0.273. The number of aliphatic hydroxyl groups is 1. The second-order valence-electron chi connectivity index (χ2n) is 4.58. The molecule has 0 fully saturated rings. The highest BCUT2D eigenvalue weighted by molar-refractivity contribution is 5.68. The van der Waals surface area contributed by atoms with Crippen molar-refractivity contribution in [2.45, 2.75) is 13.5 Å². The van der Waals surface area contributed by atoms with Crippen molar-refractivity contribution in [3.8, 4) is 22.9 Å². The van der Waals surface area contributed by atoms with Gasteiger partial charge in [0, 0.05) is 17.8 Å². The van der Waals surface area contributed by atoms with Gasteiger partial charge in [0.1, 0.15) is 17.4 Å². The van der Waals surface area contributed by atoms with E-state index in [4.69, 9.17) is 15.1 Å². The molecule has 1 aromatic heterocycles. The van der Waals surface area contributed by atoms with Gasteiger partial charge in [-0.1, -0.05) is 12.1 Å². The van der Waals surface area contributed by atoms with Crippen molar-refractivity contribution < 1.29 is 9.84 Å². The largest absolute Gasteiger partial charge is 0.497 e. The average Bonchev–Trinajstić information content (AvgIpc) is 2.52. The molecular formula is C16H16N2O3. The highest BCUT2D eigenvalue weighted by Gasteiger charge is 2.12. The van der Waals surface area contributed by atoms with E-state index >= 15 is 0 Å². The van der Waals surface area contributed by atoms with Crippen LogP contribution in [0.2, 0.25) is 0 Å². The van der Waals surface area contributed by atoms with E-state index in [0.29, 0.717) is 0 Å². The number of hydrogen-bond acceptors (Lipinski definition) is 4. The molecular weight excluding hydrogens is 268 g/mol. The summed E-state index contributed by atoms with van der Waals surface area (Å²) in [6, 6.07) is 10.9. The maximum atomic E-state index is 12.1. The van der Waals surface area contributed by atoms with Crippen LogP contribution >= 0.6 is 0 Å². The van der Waals surface area contributed by atoms with Gasteiger partial charge in [-0.3, -0.25) is 4.79 Å². The first-order valence-corrected chi connectivity index (χ1v) is 6.52. The van der Waals surface area contributed by atoms with Gasteiger partial charge in [0.2, 0.25) is 0 Å². The van der Waals surface area contributed by atoms with Gasteiger partial charge in [0.25, 0.3) is 5.56 Å². The van der Waals surface area contributed by atoms with Gasteiger partial charge < -0.3 is 14.4 Å². The lowest BCUT2D eigenvalue weighted by atomic mass is 10.0. The Labute approximate surface area is 122 Å². The average molecular weight is 284 g/mol. The van der Waals surface area contributed by atoms with Crippen molar-refractivity contribution in [3.05, 3.63) is 51.9 Å². The first-order valence-electron chi connectivity index (χ1n) is 6.52. The molecule has 0 radical (unpaired) electrons. The predicted octanol–water partition coefficient (Wildman–Crippen LogP) is 1.70. The fourth-order valence-electron chi connectivity index (χ4n) is 2.27.